The van der Waals surface area contributed by atoms with Gasteiger partial charge in [0.25, 0.3) is 0 Å². The van der Waals surface area contributed by atoms with Gasteiger partial charge in [-0.25, -0.2) is 0 Å². The van der Waals surface area contributed by atoms with E-state index in [1.165, 1.54) is 25.7 Å². The first kappa shape index (κ1) is 13.9. The van der Waals surface area contributed by atoms with Crippen molar-refractivity contribution in [3.8, 4) is 5.75 Å². The second-order valence-corrected chi connectivity index (χ2v) is 6.06. The minimum absolute atomic E-state index is 0.486. The summed E-state index contributed by atoms with van der Waals surface area (Å²) >= 11 is 3.44. The number of benzene rings is 1. The topological polar surface area (TPSA) is 29.5 Å². The second-order valence-electron chi connectivity index (χ2n) is 5.15. The van der Waals surface area contributed by atoms with Crippen LogP contribution in [0.15, 0.2) is 22.7 Å². The molecule has 0 bridgehead atoms. The zero-order chi connectivity index (χ0) is 13.0. The highest BCUT2D eigenvalue weighted by Crippen LogP contribution is 2.30. The van der Waals surface area contributed by atoms with Crippen LogP contribution < -0.4 is 4.74 Å². The molecule has 3 heteroatoms. The molecule has 1 aliphatic rings. The van der Waals surface area contributed by atoms with Crippen molar-refractivity contribution < 1.29 is 9.84 Å². The van der Waals surface area contributed by atoms with E-state index in [1.54, 1.807) is 6.92 Å². The Hall–Kier alpha value is -0.540. The number of rotatable bonds is 5. The van der Waals surface area contributed by atoms with Crippen LogP contribution in [0.1, 0.15) is 50.7 Å². The summed E-state index contributed by atoms with van der Waals surface area (Å²) in [6, 6.07) is 5.79. The lowest BCUT2D eigenvalue weighted by molar-refractivity contribution is 0.189. The summed E-state index contributed by atoms with van der Waals surface area (Å²) in [5.74, 6) is 1.64. The lowest BCUT2D eigenvalue weighted by atomic mass is 10.1. The lowest BCUT2D eigenvalue weighted by Gasteiger charge is -2.15. The molecular weight excluding hydrogens is 292 g/mol. The molecule has 2 nitrogen and oxygen atoms in total. The van der Waals surface area contributed by atoms with Gasteiger partial charge in [0.15, 0.2) is 0 Å². The van der Waals surface area contributed by atoms with Crippen molar-refractivity contribution in [3.05, 3.63) is 28.2 Å². The standard InChI is InChI=1S/C15H21BrO2/c1-11(17)14-7-6-13(16)10-15(14)18-9-8-12-4-2-3-5-12/h6-7,10-12,17H,2-5,8-9H2,1H3. The van der Waals surface area contributed by atoms with E-state index < -0.39 is 6.10 Å². The lowest BCUT2D eigenvalue weighted by Crippen LogP contribution is -2.06. The highest BCUT2D eigenvalue weighted by Gasteiger charge is 2.15. The van der Waals surface area contributed by atoms with Gasteiger partial charge >= 0.3 is 0 Å². The van der Waals surface area contributed by atoms with Crippen LogP contribution in [0.2, 0.25) is 0 Å². The maximum Gasteiger partial charge on any atom is 0.126 e. The molecule has 1 saturated carbocycles. The molecule has 0 radical (unpaired) electrons. The highest BCUT2D eigenvalue weighted by molar-refractivity contribution is 9.10. The van der Waals surface area contributed by atoms with Crippen LogP contribution in [0, 0.1) is 5.92 Å². The third-order valence-electron chi connectivity index (χ3n) is 3.68. The van der Waals surface area contributed by atoms with Crippen molar-refractivity contribution in [1.29, 1.82) is 0 Å². The number of hydrogen-bond donors (Lipinski definition) is 1. The monoisotopic (exact) mass is 312 g/mol. The van der Waals surface area contributed by atoms with Crippen LogP contribution in [-0.4, -0.2) is 11.7 Å². The Morgan fingerprint density at radius 1 is 1.39 bits per heavy atom. The fourth-order valence-corrected chi connectivity index (χ4v) is 2.95. The molecule has 1 N–H and O–H groups in total. The minimum atomic E-state index is -0.486. The fourth-order valence-electron chi connectivity index (χ4n) is 2.61. The molecule has 100 valence electrons. The van der Waals surface area contributed by atoms with E-state index in [0.717, 1.165) is 34.7 Å². The molecule has 0 heterocycles. The molecule has 0 aromatic heterocycles. The first-order valence-corrected chi connectivity index (χ1v) is 7.56. The maximum absolute atomic E-state index is 9.71. The number of hydrogen-bond acceptors (Lipinski definition) is 2. The average molecular weight is 313 g/mol. The Labute approximate surface area is 117 Å². The molecule has 1 aliphatic carbocycles. The van der Waals surface area contributed by atoms with Crippen LogP contribution in [0.3, 0.4) is 0 Å². The normalized spacial score (nSPS) is 17.9. The van der Waals surface area contributed by atoms with Gasteiger partial charge in [-0.05, 0) is 31.4 Å². The van der Waals surface area contributed by atoms with E-state index >= 15 is 0 Å². The molecule has 1 aromatic rings. The maximum atomic E-state index is 9.71. The van der Waals surface area contributed by atoms with E-state index in [4.69, 9.17) is 4.74 Å². The van der Waals surface area contributed by atoms with Crippen molar-refractivity contribution in [2.75, 3.05) is 6.61 Å². The summed E-state index contributed by atoms with van der Waals surface area (Å²) in [5, 5.41) is 9.71. The van der Waals surface area contributed by atoms with Crippen LogP contribution in [0.5, 0.6) is 5.75 Å². The summed E-state index contributed by atoms with van der Waals surface area (Å²) in [4.78, 5) is 0. The van der Waals surface area contributed by atoms with Crippen LogP contribution >= 0.6 is 15.9 Å². The van der Waals surface area contributed by atoms with Gasteiger partial charge in [0.2, 0.25) is 0 Å². The summed E-state index contributed by atoms with van der Waals surface area (Å²) in [6.07, 6.45) is 6.10. The Morgan fingerprint density at radius 3 is 2.78 bits per heavy atom. The van der Waals surface area contributed by atoms with Crippen LogP contribution in [-0.2, 0) is 0 Å². The van der Waals surface area contributed by atoms with E-state index in [0.29, 0.717) is 0 Å². The highest BCUT2D eigenvalue weighted by atomic mass is 79.9. The van der Waals surface area contributed by atoms with E-state index in [9.17, 15) is 5.11 Å². The van der Waals surface area contributed by atoms with Gasteiger partial charge in [-0.1, -0.05) is 47.7 Å². The largest absolute Gasteiger partial charge is 0.493 e. The fraction of sp³-hybridized carbons (Fsp3) is 0.600. The summed E-state index contributed by atoms with van der Waals surface area (Å²) in [6.45, 7) is 2.52. The minimum Gasteiger partial charge on any atom is -0.493 e. The SMILES string of the molecule is CC(O)c1ccc(Br)cc1OCCC1CCCC1. The molecule has 1 unspecified atom stereocenters. The smallest absolute Gasteiger partial charge is 0.126 e. The summed E-state index contributed by atoms with van der Waals surface area (Å²) in [7, 11) is 0. The van der Waals surface area contributed by atoms with Crippen LogP contribution in [0.25, 0.3) is 0 Å². The first-order chi connectivity index (χ1) is 8.66. The zero-order valence-electron chi connectivity index (χ0n) is 10.9. The Bertz CT molecular complexity index is 384. The van der Waals surface area contributed by atoms with Crippen molar-refractivity contribution in [3.63, 3.8) is 0 Å². The molecular formula is C15H21BrO2. The number of halogens is 1. The molecule has 1 atom stereocenters. The van der Waals surface area contributed by atoms with E-state index in [1.807, 2.05) is 18.2 Å². The van der Waals surface area contributed by atoms with E-state index in [2.05, 4.69) is 15.9 Å². The third kappa shape index (κ3) is 3.72. The van der Waals surface area contributed by atoms with Crippen LogP contribution in [0.4, 0.5) is 0 Å². The van der Waals surface area contributed by atoms with Gasteiger partial charge < -0.3 is 9.84 Å². The summed E-state index contributed by atoms with van der Waals surface area (Å²) in [5.41, 5.74) is 0.865. The molecule has 2 rings (SSSR count). The number of aliphatic hydroxyl groups excluding tert-OH is 1. The predicted molar refractivity (Wildman–Crippen MR) is 76.8 cm³/mol. The summed E-state index contributed by atoms with van der Waals surface area (Å²) < 4.78 is 6.84. The first-order valence-electron chi connectivity index (χ1n) is 6.77. The van der Waals surface area contributed by atoms with E-state index in [-0.39, 0.29) is 0 Å². The van der Waals surface area contributed by atoms with Gasteiger partial charge in [0, 0.05) is 10.0 Å². The predicted octanol–water partition coefficient (Wildman–Crippen LogP) is 4.46. The van der Waals surface area contributed by atoms with Crippen molar-refractivity contribution in [1.82, 2.24) is 0 Å². The van der Waals surface area contributed by atoms with Gasteiger partial charge in [0.05, 0.1) is 12.7 Å². The molecule has 0 aliphatic heterocycles. The van der Waals surface area contributed by atoms with Gasteiger partial charge in [0.1, 0.15) is 5.75 Å². The van der Waals surface area contributed by atoms with Crippen molar-refractivity contribution >= 4 is 15.9 Å². The molecule has 0 spiro atoms. The van der Waals surface area contributed by atoms with Gasteiger partial charge in [-0.15, -0.1) is 0 Å². The molecule has 1 aromatic carbocycles. The van der Waals surface area contributed by atoms with Gasteiger partial charge in [-0.2, -0.15) is 0 Å². The Kier molecular flexibility index (Phi) is 5.07. The molecule has 0 saturated heterocycles. The Balaban J connectivity index is 1.92. The quantitative estimate of drug-likeness (QED) is 0.869. The average Bonchev–Trinajstić information content (AvgIpc) is 2.82. The van der Waals surface area contributed by atoms with Crippen molar-refractivity contribution in [2.24, 2.45) is 5.92 Å². The van der Waals surface area contributed by atoms with Gasteiger partial charge in [-0.3, -0.25) is 0 Å². The Morgan fingerprint density at radius 2 is 2.11 bits per heavy atom. The molecule has 18 heavy (non-hydrogen) atoms. The zero-order valence-corrected chi connectivity index (χ0v) is 12.4. The third-order valence-corrected chi connectivity index (χ3v) is 4.18. The number of ether oxygens (including phenoxy) is 1. The molecule has 0 amide bonds. The number of aliphatic hydroxyl groups is 1. The van der Waals surface area contributed by atoms with Crippen molar-refractivity contribution in [2.45, 2.75) is 45.1 Å². The molecule has 1 fully saturated rings. The second kappa shape index (κ2) is 6.58.